The fraction of sp³-hybridized carbons (Fsp3) is 0.0714. The Hall–Kier alpha value is -1.61. The number of Topliss-reactive ketones (excluding diaryl/α,β-unsaturated/α-hetero) is 1. The Kier molecular flexibility index (Phi) is 3.59. The molecule has 0 saturated carbocycles. The molecule has 0 N–H and O–H groups in total. The monoisotopic (exact) mass is 288 g/mol. The Labute approximate surface area is 109 Å². The van der Waals surface area contributed by atoms with Crippen LogP contribution in [0.5, 0.6) is 0 Å². The molecule has 0 spiro atoms. The lowest BCUT2D eigenvalue weighted by Crippen LogP contribution is -2.34. The number of hydrogen-bond donors (Lipinski definition) is 0. The van der Waals surface area contributed by atoms with E-state index in [9.17, 15) is 4.79 Å². The molecular weight excluding hydrogens is 278 g/mol. The van der Waals surface area contributed by atoms with E-state index in [1.54, 1.807) is 16.7 Å². The van der Waals surface area contributed by atoms with E-state index < -0.39 is 0 Å². The van der Waals surface area contributed by atoms with Crippen molar-refractivity contribution in [1.82, 2.24) is 0 Å². The number of halogens is 1. The van der Waals surface area contributed by atoms with Gasteiger partial charge in [0.2, 0.25) is 6.54 Å². The topological polar surface area (TPSA) is 20.9 Å². The van der Waals surface area contributed by atoms with Gasteiger partial charge in [-0.1, -0.05) is 45.8 Å². The molecule has 85 valence electrons. The van der Waals surface area contributed by atoms with E-state index in [-0.39, 0.29) is 5.78 Å². The van der Waals surface area contributed by atoms with Gasteiger partial charge in [0, 0.05) is 4.47 Å². The second-order valence-electron chi connectivity index (χ2n) is 3.73. The minimum atomic E-state index is -0.133. The van der Waals surface area contributed by atoms with Crippen molar-refractivity contribution in [3.8, 4) is 0 Å². The maximum Gasteiger partial charge on any atom is 0.203 e. The fourth-order valence-corrected chi connectivity index (χ4v) is 1.62. The number of carbonyl (C=O) groups is 1. The third-order valence-corrected chi connectivity index (χ3v) is 2.86. The summed E-state index contributed by atoms with van der Waals surface area (Å²) in [6.45, 7) is 4.77. The van der Waals surface area contributed by atoms with Gasteiger partial charge in [0.15, 0.2) is 5.78 Å². The number of aromatic nitrogens is 1. The summed E-state index contributed by atoms with van der Waals surface area (Å²) in [6, 6.07) is 11.1. The highest BCUT2D eigenvalue weighted by Crippen LogP contribution is 2.11. The zero-order chi connectivity index (χ0) is 12.3. The first kappa shape index (κ1) is 11.9. The summed E-state index contributed by atoms with van der Waals surface area (Å²) in [4.78, 5) is 11.9. The Balaban J connectivity index is 2.11. The molecule has 1 radical (unpaired) electrons. The zero-order valence-electron chi connectivity index (χ0n) is 9.35. The predicted molar refractivity (Wildman–Crippen MR) is 68.5 cm³/mol. The normalized spacial score (nSPS) is 10.0. The zero-order valence-corrected chi connectivity index (χ0v) is 10.9. The van der Waals surface area contributed by atoms with E-state index in [0.29, 0.717) is 5.56 Å². The maximum absolute atomic E-state index is 11.9. The average Bonchev–Trinajstić information content (AvgIpc) is 2.33. The summed E-state index contributed by atoms with van der Waals surface area (Å²) >= 11 is 3.33. The highest BCUT2D eigenvalue weighted by atomic mass is 79.9. The fourth-order valence-electron chi connectivity index (χ4n) is 1.36. The van der Waals surface area contributed by atoms with Crippen molar-refractivity contribution in [3.05, 3.63) is 70.9 Å². The molecule has 1 aromatic carbocycles. The van der Waals surface area contributed by atoms with Gasteiger partial charge in [-0.05, 0) is 24.6 Å². The molecule has 0 amide bonds. The summed E-state index contributed by atoms with van der Waals surface area (Å²) in [5.41, 5.74) is 1.78. The van der Waals surface area contributed by atoms with Gasteiger partial charge < -0.3 is 4.79 Å². The van der Waals surface area contributed by atoms with Crippen LogP contribution in [0.3, 0.4) is 0 Å². The van der Waals surface area contributed by atoms with E-state index in [1.807, 2.05) is 43.6 Å². The minimum absolute atomic E-state index is 0.133. The smallest absolute Gasteiger partial charge is 0.203 e. The van der Waals surface area contributed by atoms with Crippen molar-refractivity contribution in [2.45, 2.75) is 6.92 Å². The second kappa shape index (κ2) is 5.15. The summed E-state index contributed by atoms with van der Waals surface area (Å²) in [7, 11) is 0. The third-order valence-electron chi connectivity index (χ3n) is 2.33. The molecule has 1 aromatic heterocycles. The quantitative estimate of drug-likeness (QED) is 0.483. The molecule has 2 rings (SSSR count). The molecule has 3 heteroatoms. The van der Waals surface area contributed by atoms with Crippen molar-refractivity contribution < 1.29 is 9.36 Å². The van der Waals surface area contributed by atoms with Gasteiger partial charge in [-0.3, -0.25) is 4.57 Å². The number of ketones is 1. The molecule has 0 saturated heterocycles. The number of carbonyl (C=O) groups excluding carboxylic acids is 1. The van der Waals surface area contributed by atoms with Crippen molar-refractivity contribution in [2.24, 2.45) is 0 Å². The Morgan fingerprint density at radius 2 is 1.71 bits per heavy atom. The van der Waals surface area contributed by atoms with Crippen molar-refractivity contribution >= 4 is 21.7 Å². The summed E-state index contributed by atoms with van der Waals surface area (Å²) in [5.74, 6) is -0.133. The molecule has 0 atom stereocenters. The second-order valence-corrected chi connectivity index (χ2v) is 4.65. The number of rotatable bonds is 3. The van der Waals surface area contributed by atoms with Crippen LogP contribution < -0.4 is 4.57 Å². The number of nitrogens with zero attached hydrogens (tertiary/aromatic N) is 1. The number of aryl methyl sites for hydroxylation is 1. The molecule has 0 bridgehead atoms. The lowest BCUT2D eigenvalue weighted by molar-refractivity contribution is -0.625. The number of pyridine rings is 1. The maximum atomic E-state index is 11.9. The number of benzene rings is 1. The van der Waals surface area contributed by atoms with Crippen LogP contribution in [0, 0.1) is 13.5 Å². The van der Waals surface area contributed by atoms with E-state index in [0.717, 1.165) is 10.0 Å². The lowest BCUT2D eigenvalue weighted by Gasteiger charge is -2.03. The molecule has 0 fully saturated rings. The van der Waals surface area contributed by atoms with E-state index in [2.05, 4.69) is 22.5 Å². The lowest BCUT2D eigenvalue weighted by atomic mass is 10.1. The predicted octanol–water partition coefficient (Wildman–Crippen LogP) is 2.81. The Bertz CT molecular complexity index is 517. The summed E-state index contributed by atoms with van der Waals surface area (Å²) in [6.07, 6.45) is 3.62. The average molecular weight is 289 g/mol. The van der Waals surface area contributed by atoms with Gasteiger partial charge >= 0.3 is 0 Å². The van der Waals surface area contributed by atoms with Crippen LogP contribution in [0.2, 0.25) is 0 Å². The first-order valence-electron chi connectivity index (χ1n) is 5.20. The van der Waals surface area contributed by atoms with Crippen LogP contribution in [-0.2, 0) is 0 Å². The highest BCUT2D eigenvalue weighted by molar-refractivity contribution is 9.10. The summed E-state index contributed by atoms with van der Waals surface area (Å²) in [5, 5.41) is 0. The van der Waals surface area contributed by atoms with Crippen molar-refractivity contribution in [1.29, 1.82) is 0 Å². The van der Waals surface area contributed by atoms with Gasteiger partial charge in [-0.15, -0.1) is 0 Å². The van der Waals surface area contributed by atoms with Crippen LogP contribution in [0.4, 0.5) is 0 Å². The van der Waals surface area contributed by atoms with Crippen molar-refractivity contribution in [2.75, 3.05) is 0 Å². The molecule has 0 unspecified atom stereocenters. The molecule has 0 aliphatic carbocycles. The van der Waals surface area contributed by atoms with E-state index >= 15 is 0 Å². The number of hydrogen-bond acceptors (Lipinski definition) is 1. The van der Waals surface area contributed by atoms with Crippen molar-refractivity contribution in [3.63, 3.8) is 0 Å². The van der Waals surface area contributed by atoms with Crippen LogP contribution in [0.25, 0.3) is 0 Å². The Morgan fingerprint density at radius 3 is 2.29 bits per heavy atom. The van der Waals surface area contributed by atoms with Gasteiger partial charge in [0.25, 0.3) is 0 Å². The molecule has 0 aliphatic rings. The highest BCUT2D eigenvalue weighted by Gasteiger charge is 2.06. The van der Waals surface area contributed by atoms with Crippen LogP contribution >= 0.6 is 15.9 Å². The van der Waals surface area contributed by atoms with Crippen LogP contribution in [0.15, 0.2) is 53.3 Å². The minimum Gasteiger partial charge on any atom is -0.305 e. The SMILES string of the molecule is Cc1cc[n+]([C-]C(=O)c2ccc(Br)cc2)cc1. The van der Waals surface area contributed by atoms with Gasteiger partial charge in [-0.25, -0.2) is 0 Å². The van der Waals surface area contributed by atoms with Crippen LogP contribution in [0.1, 0.15) is 15.9 Å². The van der Waals surface area contributed by atoms with Gasteiger partial charge in [0.1, 0.15) is 0 Å². The molecule has 1 heterocycles. The molecule has 17 heavy (non-hydrogen) atoms. The molecule has 2 aromatic rings. The van der Waals surface area contributed by atoms with E-state index in [1.165, 1.54) is 0 Å². The largest absolute Gasteiger partial charge is 0.305 e. The third kappa shape index (κ3) is 3.17. The standard InChI is InChI=1S/C14H11BrNO/c1-11-6-8-16(9-7-11)10-14(17)12-2-4-13(15)5-3-12/h2-9H,1H3. The molecular formula is C14H11BrNO. The van der Waals surface area contributed by atoms with Crippen LogP contribution in [-0.4, -0.2) is 5.78 Å². The summed E-state index contributed by atoms with van der Waals surface area (Å²) < 4.78 is 2.59. The first-order chi connectivity index (χ1) is 8.15. The van der Waals surface area contributed by atoms with Gasteiger partial charge in [-0.2, -0.15) is 0 Å². The van der Waals surface area contributed by atoms with Gasteiger partial charge in [0.05, 0.1) is 12.4 Å². The Morgan fingerprint density at radius 1 is 1.12 bits per heavy atom. The molecule has 0 aliphatic heterocycles. The first-order valence-corrected chi connectivity index (χ1v) is 5.99. The molecule has 2 nitrogen and oxygen atoms in total. The van der Waals surface area contributed by atoms with E-state index in [4.69, 9.17) is 0 Å².